The first-order valence-corrected chi connectivity index (χ1v) is 7.15. The van der Waals surface area contributed by atoms with Gasteiger partial charge in [0, 0.05) is 11.9 Å². The second-order valence-corrected chi connectivity index (χ2v) is 5.13. The van der Waals surface area contributed by atoms with Gasteiger partial charge in [0.1, 0.15) is 13.2 Å². The topological polar surface area (TPSA) is 78.4 Å². The van der Waals surface area contributed by atoms with Crippen molar-refractivity contribution in [1.82, 2.24) is 15.0 Å². The predicted octanol–water partition coefficient (Wildman–Crippen LogP) is 1.84. The van der Waals surface area contributed by atoms with Crippen molar-refractivity contribution in [1.29, 1.82) is 0 Å². The molecule has 0 spiro atoms. The molecule has 7 nitrogen and oxygen atoms in total. The Labute approximate surface area is 126 Å². The van der Waals surface area contributed by atoms with Crippen LogP contribution in [0.2, 0.25) is 0 Å². The van der Waals surface area contributed by atoms with Crippen molar-refractivity contribution in [2.75, 3.05) is 32.7 Å². The van der Waals surface area contributed by atoms with Gasteiger partial charge in [0.15, 0.2) is 11.5 Å². The first-order chi connectivity index (χ1) is 10.3. The minimum atomic E-state index is 0.273. The third kappa shape index (κ3) is 3.10. The molecule has 0 saturated heterocycles. The Morgan fingerprint density at radius 2 is 1.95 bits per heavy atom. The molecule has 0 unspecified atom stereocenters. The fourth-order valence-corrected chi connectivity index (χ4v) is 2.55. The second kappa shape index (κ2) is 6.04. The van der Waals surface area contributed by atoms with E-state index in [2.05, 4.69) is 20.3 Å². The maximum atomic E-state index is 5.56. The van der Waals surface area contributed by atoms with Crippen molar-refractivity contribution in [2.24, 2.45) is 0 Å². The van der Waals surface area contributed by atoms with Crippen molar-refractivity contribution in [3.8, 4) is 17.5 Å². The molecule has 2 heterocycles. The Morgan fingerprint density at radius 1 is 1.14 bits per heavy atom. The fourth-order valence-electron chi connectivity index (χ4n) is 1.78. The number of nitrogens with zero attached hydrogens (tertiary/aromatic N) is 3. The zero-order chi connectivity index (χ0) is 14.7. The van der Waals surface area contributed by atoms with Gasteiger partial charge in [-0.15, -0.1) is 0 Å². The van der Waals surface area contributed by atoms with E-state index in [1.54, 1.807) is 7.05 Å². The number of hydrogen-bond donors (Lipinski definition) is 1. The van der Waals surface area contributed by atoms with E-state index in [0.29, 0.717) is 24.3 Å². The van der Waals surface area contributed by atoms with Crippen LogP contribution in [0.25, 0.3) is 0 Å². The lowest BCUT2D eigenvalue weighted by Gasteiger charge is -2.18. The molecule has 1 aliphatic heterocycles. The van der Waals surface area contributed by atoms with E-state index in [9.17, 15) is 0 Å². The van der Waals surface area contributed by atoms with Crippen LogP contribution in [0.5, 0.6) is 17.5 Å². The lowest BCUT2D eigenvalue weighted by Crippen LogP contribution is -2.15. The van der Waals surface area contributed by atoms with Crippen LogP contribution in [0.1, 0.15) is 0 Å². The van der Waals surface area contributed by atoms with E-state index in [1.807, 2.05) is 18.2 Å². The summed E-state index contributed by atoms with van der Waals surface area (Å²) in [5.74, 6) is 1.96. The minimum absolute atomic E-state index is 0.273. The molecular formula is C13H14N4O3S. The fraction of sp³-hybridized carbons (Fsp3) is 0.308. The van der Waals surface area contributed by atoms with Gasteiger partial charge in [0.2, 0.25) is 11.1 Å². The third-order valence-corrected chi connectivity index (χ3v) is 3.58. The Hall–Kier alpha value is -2.22. The van der Waals surface area contributed by atoms with Crippen molar-refractivity contribution >= 4 is 17.7 Å². The van der Waals surface area contributed by atoms with Crippen LogP contribution in [0.15, 0.2) is 28.3 Å². The van der Waals surface area contributed by atoms with E-state index in [-0.39, 0.29) is 6.01 Å². The Morgan fingerprint density at radius 3 is 2.71 bits per heavy atom. The van der Waals surface area contributed by atoms with Crippen molar-refractivity contribution in [3.05, 3.63) is 18.2 Å². The SMILES string of the molecule is CNc1nc(OC)nc(Sc2ccc3c(c2)OCCO3)n1. The molecule has 1 aromatic heterocycles. The molecule has 21 heavy (non-hydrogen) atoms. The zero-order valence-electron chi connectivity index (χ0n) is 11.6. The maximum absolute atomic E-state index is 5.56. The van der Waals surface area contributed by atoms with Gasteiger partial charge < -0.3 is 19.5 Å². The van der Waals surface area contributed by atoms with E-state index >= 15 is 0 Å². The summed E-state index contributed by atoms with van der Waals surface area (Å²) in [5, 5.41) is 3.42. The maximum Gasteiger partial charge on any atom is 0.321 e. The number of ether oxygens (including phenoxy) is 3. The molecular weight excluding hydrogens is 292 g/mol. The van der Waals surface area contributed by atoms with Gasteiger partial charge in [-0.25, -0.2) is 0 Å². The van der Waals surface area contributed by atoms with E-state index in [0.717, 1.165) is 16.4 Å². The molecule has 0 saturated carbocycles. The highest BCUT2D eigenvalue weighted by Gasteiger charge is 2.13. The van der Waals surface area contributed by atoms with Crippen LogP contribution < -0.4 is 19.5 Å². The van der Waals surface area contributed by atoms with Crippen LogP contribution in [-0.2, 0) is 0 Å². The zero-order valence-corrected chi connectivity index (χ0v) is 12.4. The van der Waals surface area contributed by atoms with Crippen LogP contribution in [0.3, 0.4) is 0 Å². The number of hydrogen-bond acceptors (Lipinski definition) is 8. The van der Waals surface area contributed by atoms with Gasteiger partial charge in [0.05, 0.1) is 7.11 Å². The van der Waals surface area contributed by atoms with Crippen molar-refractivity contribution < 1.29 is 14.2 Å². The quantitative estimate of drug-likeness (QED) is 0.917. The number of rotatable bonds is 4. The molecule has 0 amide bonds. The average Bonchev–Trinajstić information content (AvgIpc) is 2.54. The molecule has 1 aliphatic rings. The molecule has 0 fully saturated rings. The summed E-state index contributed by atoms with van der Waals surface area (Å²) in [7, 11) is 3.26. The molecule has 1 N–H and O–H groups in total. The van der Waals surface area contributed by atoms with E-state index in [4.69, 9.17) is 14.2 Å². The van der Waals surface area contributed by atoms with Gasteiger partial charge in [-0.3, -0.25) is 0 Å². The average molecular weight is 306 g/mol. The second-order valence-electron chi connectivity index (χ2n) is 4.09. The highest BCUT2D eigenvalue weighted by molar-refractivity contribution is 7.99. The number of aromatic nitrogens is 3. The standard InChI is InChI=1S/C13H14N4O3S/c1-14-11-15-12(18-2)17-13(16-11)21-8-3-4-9-10(7-8)20-6-5-19-9/h3-4,7H,5-6H2,1-2H3,(H,14,15,16,17). The van der Waals surface area contributed by atoms with Crippen LogP contribution in [0.4, 0.5) is 5.95 Å². The molecule has 0 bridgehead atoms. The van der Waals surface area contributed by atoms with Crippen LogP contribution >= 0.6 is 11.8 Å². The highest BCUT2D eigenvalue weighted by atomic mass is 32.2. The smallest absolute Gasteiger partial charge is 0.321 e. The molecule has 1 aromatic carbocycles. The number of methoxy groups -OCH3 is 1. The number of fused-ring (bicyclic) bond motifs is 1. The van der Waals surface area contributed by atoms with Gasteiger partial charge in [-0.05, 0) is 30.0 Å². The van der Waals surface area contributed by atoms with Gasteiger partial charge >= 0.3 is 6.01 Å². The lowest BCUT2D eigenvalue weighted by atomic mass is 10.3. The van der Waals surface area contributed by atoms with Crippen LogP contribution in [-0.4, -0.2) is 42.3 Å². The molecule has 2 aromatic rings. The highest BCUT2D eigenvalue weighted by Crippen LogP contribution is 2.36. The summed E-state index contributed by atoms with van der Waals surface area (Å²) in [4.78, 5) is 13.5. The summed E-state index contributed by atoms with van der Waals surface area (Å²) in [6.45, 7) is 1.14. The first-order valence-electron chi connectivity index (χ1n) is 6.34. The largest absolute Gasteiger partial charge is 0.486 e. The molecule has 0 atom stereocenters. The predicted molar refractivity (Wildman–Crippen MR) is 77.5 cm³/mol. The first kappa shape index (κ1) is 13.7. The third-order valence-electron chi connectivity index (χ3n) is 2.72. The lowest BCUT2D eigenvalue weighted by molar-refractivity contribution is 0.171. The van der Waals surface area contributed by atoms with Gasteiger partial charge in [-0.1, -0.05) is 0 Å². The summed E-state index contributed by atoms with van der Waals surface area (Å²) < 4.78 is 16.1. The van der Waals surface area contributed by atoms with E-state index in [1.165, 1.54) is 18.9 Å². The normalized spacial score (nSPS) is 12.9. The van der Waals surface area contributed by atoms with Crippen molar-refractivity contribution in [2.45, 2.75) is 10.1 Å². The van der Waals surface area contributed by atoms with E-state index < -0.39 is 0 Å². The monoisotopic (exact) mass is 306 g/mol. The number of anilines is 1. The molecule has 0 radical (unpaired) electrons. The summed E-state index contributed by atoms with van der Waals surface area (Å²) in [5.41, 5.74) is 0. The number of nitrogens with one attached hydrogen (secondary N) is 1. The van der Waals surface area contributed by atoms with Gasteiger partial charge in [0.25, 0.3) is 0 Å². The minimum Gasteiger partial charge on any atom is -0.486 e. The van der Waals surface area contributed by atoms with Crippen LogP contribution in [0, 0.1) is 0 Å². The Bertz CT molecular complexity index is 631. The summed E-state index contributed by atoms with van der Waals surface area (Å²) >= 11 is 1.40. The Balaban J connectivity index is 1.86. The number of benzene rings is 1. The molecule has 8 heteroatoms. The Kier molecular flexibility index (Phi) is 3.96. The molecule has 110 valence electrons. The summed E-state index contributed by atoms with van der Waals surface area (Å²) in [6, 6.07) is 6.00. The molecule has 0 aliphatic carbocycles. The van der Waals surface area contributed by atoms with Crippen molar-refractivity contribution in [3.63, 3.8) is 0 Å². The summed E-state index contributed by atoms with van der Waals surface area (Å²) in [6.07, 6.45) is 0. The van der Waals surface area contributed by atoms with Gasteiger partial charge in [-0.2, -0.15) is 15.0 Å². The molecule has 3 rings (SSSR count).